The number of esters is 1. The molecule has 0 bridgehead atoms. The number of likely N-dealkylation sites (tertiary alicyclic amines) is 1. The van der Waals surface area contributed by atoms with Crippen molar-refractivity contribution in [3.8, 4) is 0 Å². The van der Waals surface area contributed by atoms with Gasteiger partial charge < -0.3 is 9.64 Å². The molecule has 0 spiro atoms. The Hall–Kier alpha value is -1.84. The summed E-state index contributed by atoms with van der Waals surface area (Å²) in [6.07, 6.45) is 2.96. The van der Waals surface area contributed by atoms with Crippen molar-refractivity contribution in [1.29, 1.82) is 0 Å². The fourth-order valence-electron chi connectivity index (χ4n) is 2.93. The third-order valence-corrected chi connectivity index (χ3v) is 4.36. The van der Waals surface area contributed by atoms with E-state index in [1.807, 2.05) is 29.2 Å². The van der Waals surface area contributed by atoms with E-state index in [0.717, 1.165) is 25.8 Å². The minimum atomic E-state index is -0.294. The van der Waals surface area contributed by atoms with Crippen molar-refractivity contribution >= 4 is 11.9 Å². The lowest BCUT2D eigenvalue weighted by Gasteiger charge is -2.35. The summed E-state index contributed by atoms with van der Waals surface area (Å²) < 4.78 is 5.13. The first-order chi connectivity index (χ1) is 10.8. The summed E-state index contributed by atoms with van der Waals surface area (Å²) in [4.78, 5) is 25.7. The summed E-state index contributed by atoms with van der Waals surface area (Å²) in [6, 6.07) is 7.85. The van der Waals surface area contributed by atoms with E-state index in [0.29, 0.717) is 12.2 Å². The zero-order chi connectivity index (χ0) is 17.0. The highest BCUT2D eigenvalue weighted by Gasteiger charge is 2.28. The minimum absolute atomic E-state index is 0.0116. The van der Waals surface area contributed by atoms with Crippen LogP contribution in [0, 0.1) is 0 Å². The minimum Gasteiger partial charge on any atom is -0.464 e. The van der Waals surface area contributed by atoms with Crippen molar-refractivity contribution < 1.29 is 14.3 Å². The molecule has 1 atom stereocenters. The highest BCUT2D eigenvalue weighted by atomic mass is 16.5. The molecular formula is C19H27NO3. The summed E-state index contributed by atoms with van der Waals surface area (Å²) in [7, 11) is 0. The SMILES string of the molecule is CC(=O)OC[C@H]1CCCCN1C(=O)c1ccc(C(C)(C)C)cc1. The largest absolute Gasteiger partial charge is 0.464 e. The van der Waals surface area contributed by atoms with Crippen molar-refractivity contribution in [1.82, 2.24) is 4.90 Å². The van der Waals surface area contributed by atoms with Gasteiger partial charge in [-0.2, -0.15) is 0 Å². The Morgan fingerprint density at radius 3 is 2.39 bits per heavy atom. The number of carbonyl (C=O) groups is 2. The molecule has 0 saturated carbocycles. The summed E-state index contributed by atoms with van der Waals surface area (Å²) in [5.41, 5.74) is 1.99. The molecule has 0 aromatic heterocycles. The fourth-order valence-corrected chi connectivity index (χ4v) is 2.93. The second-order valence-electron chi connectivity index (χ2n) is 7.28. The van der Waals surface area contributed by atoms with E-state index in [1.165, 1.54) is 12.5 Å². The Balaban J connectivity index is 2.11. The summed E-state index contributed by atoms with van der Waals surface area (Å²) in [5, 5.41) is 0. The second-order valence-corrected chi connectivity index (χ2v) is 7.28. The molecule has 126 valence electrons. The highest BCUT2D eigenvalue weighted by molar-refractivity contribution is 5.94. The quantitative estimate of drug-likeness (QED) is 0.801. The van der Waals surface area contributed by atoms with Gasteiger partial charge in [-0.1, -0.05) is 32.9 Å². The van der Waals surface area contributed by atoms with Gasteiger partial charge in [0, 0.05) is 19.0 Å². The molecule has 1 aromatic rings. The van der Waals surface area contributed by atoms with Crippen LogP contribution in [0.4, 0.5) is 0 Å². The van der Waals surface area contributed by atoms with E-state index in [1.54, 1.807) is 0 Å². The average Bonchev–Trinajstić information content (AvgIpc) is 2.52. The monoisotopic (exact) mass is 317 g/mol. The van der Waals surface area contributed by atoms with Crippen molar-refractivity contribution in [3.63, 3.8) is 0 Å². The standard InChI is InChI=1S/C19H27NO3/c1-14(21)23-13-17-7-5-6-12-20(17)18(22)15-8-10-16(11-9-15)19(2,3)4/h8-11,17H,5-7,12-13H2,1-4H3/t17-/m1/s1. The summed E-state index contributed by atoms with van der Waals surface area (Å²) in [6.45, 7) is 8.89. The summed E-state index contributed by atoms with van der Waals surface area (Å²) in [5.74, 6) is -0.264. The molecule has 0 radical (unpaired) electrons. The maximum Gasteiger partial charge on any atom is 0.302 e. The highest BCUT2D eigenvalue weighted by Crippen LogP contribution is 2.24. The molecule has 0 N–H and O–H groups in total. The molecule has 1 fully saturated rings. The van der Waals surface area contributed by atoms with Gasteiger partial charge in [0.1, 0.15) is 6.61 Å². The van der Waals surface area contributed by atoms with Crippen LogP contribution in [-0.4, -0.2) is 36.0 Å². The van der Waals surface area contributed by atoms with Crippen molar-refractivity contribution in [2.24, 2.45) is 0 Å². The van der Waals surface area contributed by atoms with Crippen LogP contribution in [-0.2, 0) is 14.9 Å². The molecular weight excluding hydrogens is 290 g/mol. The van der Waals surface area contributed by atoms with Gasteiger partial charge in [-0.3, -0.25) is 9.59 Å². The lowest BCUT2D eigenvalue weighted by molar-refractivity contribution is -0.142. The van der Waals surface area contributed by atoms with Gasteiger partial charge in [0.05, 0.1) is 6.04 Å². The number of rotatable bonds is 3. The van der Waals surface area contributed by atoms with E-state index >= 15 is 0 Å². The Kier molecular flexibility index (Phi) is 5.45. The van der Waals surface area contributed by atoms with Gasteiger partial charge in [-0.15, -0.1) is 0 Å². The third-order valence-electron chi connectivity index (χ3n) is 4.36. The van der Waals surface area contributed by atoms with Gasteiger partial charge in [0.25, 0.3) is 5.91 Å². The number of hydrogen-bond donors (Lipinski definition) is 0. The second kappa shape index (κ2) is 7.16. The van der Waals surface area contributed by atoms with E-state index in [-0.39, 0.29) is 23.3 Å². The molecule has 1 aliphatic rings. The Morgan fingerprint density at radius 2 is 1.83 bits per heavy atom. The van der Waals surface area contributed by atoms with Crippen molar-refractivity contribution in [2.75, 3.05) is 13.2 Å². The van der Waals surface area contributed by atoms with E-state index in [9.17, 15) is 9.59 Å². The number of benzene rings is 1. The maximum absolute atomic E-state index is 12.8. The molecule has 1 heterocycles. The van der Waals surface area contributed by atoms with E-state index in [4.69, 9.17) is 4.74 Å². The Labute approximate surface area is 138 Å². The van der Waals surface area contributed by atoms with Gasteiger partial charge in [-0.05, 0) is 42.4 Å². The van der Waals surface area contributed by atoms with Crippen molar-refractivity contribution in [2.45, 2.75) is 58.4 Å². The first kappa shape index (κ1) is 17.5. The molecule has 1 saturated heterocycles. The molecule has 2 rings (SSSR count). The van der Waals surface area contributed by atoms with Crippen molar-refractivity contribution in [3.05, 3.63) is 35.4 Å². The number of nitrogens with zero attached hydrogens (tertiary/aromatic N) is 1. The van der Waals surface area contributed by atoms with Crippen LogP contribution < -0.4 is 0 Å². The van der Waals surface area contributed by atoms with Gasteiger partial charge in [0.15, 0.2) is 0 Å². The lowest BCUT2D eigenvalue weighted by atomic mass is 9.86. The smallest absolute Gasteiger partial charge is 0.302 e. The summed E-state index contributed by atoms with van der Waals surface area (Å²) >= 11 is 0. The Morgan fingerprint density at radius 1 is 1.17 bits per heavy atom. The first-order valence-corrected chi connectivity index (χ1v) is 8.34. The molecule has 23 heavy (non-hydrogen) atoms. The first-order valence-electron chi connectivity index (χ1n) is 8.34. The van der Waals surface area contributed by atoms with Gasteiger partial charge in [0.2, 0.25) is 0 Å². The molecule has 4 nitrogen and oxygen atoms in total. The van der Waals surface area contributed by atoms with Crippen LogP contribution in [0.3, 0.4) is 0 Å². The fraction of sp³-hybridized carbons (Fsp3) is 0.579. The molecule has 0 unspecified atom stereocenters. The predicted octanol–water partition coefficient (Wildman–Crippen LogP) is 3.54. The zero-order valence-corrected chi connectivity index (χ0v) is 14.6. The average molecular weight is 317 g/mol. The van der Waals surface area contributed by atoms with Crippen LogP contribution >= 0.6 is 0 Å². The van der Waals surface area contributed by atoms with E-state index in [2.05, 4.69) is 20.8 Å². The maximum atomic E-state index is 12.8. The molecule has 1 aliphatic heterocycles. The number of ether oxygens (including phenoxy) is 1. The number of piperidine rings is 1. The topological polar surface area (TPSA) is 46.6 Å². The molecule has 0 aliphatic carbocycles. The molecule has 1 aromatic carbocycles. The number of carbonyl (C=O) groups excluding carboxylic acids is 2. The van der Waals surface area contributed by atoms with Crippen LogP contribution in [0.5, 0.6) is 0 Å². The predicted molar refractivity (Wildman–Crippen MR) is 90.5 cm³/mol. The number of amides is 1. The van der Waals surface area contributed by atoms with Crippen LogP contribution in [0.25, 0.3) is 0 Å². The number of hydrogen-bond acceptors (Lipinski definition) is 3. The Bertz CT molecular complexity index is 557. The third kappa shape index (κ3) is 4.57. The van der Waals surface area contributed by atoms with Crippen LogP contribution in [0.1, 0.15) is 62.9 Å². The van der Waals surface area contributed by atoms with Crippen LogP contribution in [0.2, 0.25) is 0 Å². The lowest BCUT2D eigenvalue weighted by Crippen LogP contribution is -2.46. The zero-order valence-electron chi connectivity index (χ0n) is 14.6. The molecule has 1 amide bonds. The van der Waals surface area contributed by atoms with Gasteiger partial charge >= 0.3 is 5.97 Å². The van der Waals surface area contributed by atoms with E-state index < -0.39 is 0 Å². The molecule has 4 heteroatoms. The normalized spacial score (nSPS) is 18.6. The van der Waals surface area contributed by atoms with Crippen LogP contribution in [0.15, 0.2) is 24.3 Å². The van der Waals surface area contributed by atoms with Gasteiger partial charge in [-0.25, -0.2) is 0 Å².